The number of hydrogen-bond donors (Lipinski definition) is 1. The maximum atomic E-state index is 11.3. The van der Waals surface area contributed by atoms with Crippen LogP contribution in [0.4, 0.5) is 5.13 Å². The highest BCUT2D eigenvalue weighted by molar-refractivity contribution is 7.84. The van der Waals surface area contributed by atoms with E-state index in [1.54, 1.807) is 17.6 Å². The van der Waals surface area contributed by atoms with E-state index in [0.717, 1.165) is 28.6 Å². The molecule has 2 rings (SSSR count). The summed E-state index contributed by atoms with van der Waals surface area (Å²) in [7, 11) is -0.906. The van der Waals surface area contributed by atoms with Gasteiger partial charge in [0.05, 0.1) is 0 Å². The largest absolute Gasteiger partial charge is 0.357 e. The first kappa shape index (κ1) is 13.2. The van der Waals surface area contributed by atoms with Crippen molar-refractivity contribution in [2.75, 3.05) is 11.6 Å². The molecular formula is C13H16N2OS2. The van der Waals surface area contributed by atoms with Gasteiger partial charge in [-0.3, -0.25) is 4.21 Å². The maximum absolute atomic E-state index is 11.3. The molecule has 3 nitrogen and oxygen atoms in total. The zero-order chi connectivity index (χ0) is 13.0. The van der Waals surface area contributed by atoms with Gasteiger partial charge in [0.15, 0.2) is 5.13 Å². The summed E-state index contributed by atoms with van der Waals surface area (Å²) >= 11 is 1.69. The van der Waals surface area contributed by atoms with Crippen LogP contribution in [0.3, 0.4) is 0 Å². The minimum atomic E-state index is -0.906. The summed E-state index contributed by atoms with van der Waals surface area (Å²) in [6.45, 7) is 2.87. The third-order valence-electron chi connectivity index (χ3n) is 2.60. The molecule has 0 spiro atoms. The van der Waals surface area contributed by atoms with Crippen LogP contribution in [0.1, 0.15) is 17.4 Å². The molecule has 1 aromatic carbocycles. The SMILES string of the molecule is CCc1cnc(NCc2ccc([S@@](C)=O)cc2)s1. The van der Waals surface area contributed by atoms with Gasteiger partial charge in [-0.2, -0.15) is 0 Å². The van der Waals surface area contributed by atoms with E-state index in [-0.39, 0.29) is 0 Å². The van der Waals surface area contributed by atoms with Crippen molar-refractivity contribution in [3.05, 3.63) is 40.9 Å². The van der Waals surface area contributed by atoms with E-state index in [9.17, 15) is 4.21 Å². The monoisotopic (exact) mass is 280 g/mol. The molecule has 0 aliphatic heterocycles. The summed E-state index contributed by atoms with van der Waals surface area (Å²) in [6, 6.07) is 7.81. The summed E-state index contributed by atoms with van der Waals surface area (Å²) < 4.78 is 11.3. The Labute approximate surface area is 114 Å². The molecule has 0 saturated carbocycles. The van der Waals surface area contributed by atoms with Crippen LogP contribution in [-0.4, -0.2) is 15.4 Å². The van der Waals surface area contributed by atoms with Gasteiger partial charge in [0.1, 0.15) is 0 Å². The van der Waals surface area contributed by atoms with Crippen LogP contribution < -0.4 is 5.32 Å². The van der Waals surface area contributed by atoms with Crippen molar-refractivity contribution in [3.8, 4) is 0 Å². The Morgan fingerprint density at radius 1 is 1.33 bits per heavy atom. The predicted molar refractivity (Wildman–Crippen MR) is 77.6 cm³/mol. The van der Waals surface area contributed by atoms with Crippen molar-refractivity contribution < 1.29 is 4.21 Å². The molecule has 0 fully saturated rings. The van der Waals surface area contributed by atoms with Crippen LogP contribution in [0.5, 0.6) is 0 Å². The summed E-state index contributed by atoms with van der Waals surface area (Å²) in [6.07, 6.45) is 4.63. The van der Waals surface area contributed by atoms with Gasteiger partial charge in [-0.15, -0.1) is 11.3 Å². The predicted octanol–water partition coefficient (Wildman–Crippen LogP) is 3.06. The second kappa shape index (κ2) is 6.11. The second-order valence-electron chi connectivity index (χ2n) is 3.94. The Morgan fingerprint density at radius 3 is 2.61 bits per heavy atom. The fourth-order valence-electron chi connectivity index (χ4n) is 1.53. The molecule has 96 valence electrons. The van der Waals surface area contributed by atoms with E-state index in [2.05, 4.69) is 17.2 Å². The average molecular weight is 280 g/mol. The number of aromatic nitrogens is 1. The van der Waals surface area contributed by atoms with Crippen LogP contribution in [0.25, 0.3) is 0 Å². The van der Waals surface area contributed by atoms with E-state index in [1.807, 2.05) is 30.5 Å². The van der Waals surface area contributed by atoms with Crippen LogP contribution in [-0.2, 0) is 23.8 Å². The molecule has 0 radical (unpaired) electrons. The van der Waals surface area contributed by atoms with Gasteiger partial charge in [0.25, 0.3) is 0 Å². The lowest BCUT2D eigenvalue weighted by molar-refractivity contribution is 0.687. The molecular weight excluding hydrogens is 264 g/mol. The normalized spacial score (nSPS) is 12.3. The lowest BCUT2D eigenvalue weighted by atomic mass is 10.2. The van der Waals surface area contributed by atoms with Crippen molar-refractivity contribution in [2.45, 2.75) is 24.8 Å². The number of benzene rings is 1. The third-order valence-corrected chi connectivity index (χ3v) is 4.64. The first-order valence-corrected chi connectivity index (χ1v) is 8.17. The molecule has 1 heterocycles. The number of rotatable bonds is 5. The first-order valence-electron chi connectivity index (χ1n) is 5.80. The minimum Gasteiger partial charge on any atom is -0.357 e. The molecule has 0 bridgehead atoms. The van der Waals surface area contributed by atoms with Gasteiger partial charge in [0.2, 0.25) is 0 Å². The molecule has 1 atom stereocenters. The van der Waals surface area contributed by atoms with Crippen molar-refractivity contribution in [2.24, 2.45) is 0 Å². The summed E-state index contributed by atoms with van der Waals surface area (Å²) in [5.74, 6) is 0. The molecule has 18 heavy (non-hydrogen) atoms. The zero-order valence-electron chi connectivity index (χ0n) is 10.5. The number of nitrogens with one attached hydrogen (secondary N) is 1. The van der Waals surface area contributed by atoms with E-state index in [1.165, 1.54) is 4.88 Å². The molecule has 0 aliphatic carbocycles. The van der Waals surface area contributed by atoms with Gasteiger partial charge in [-0.25, -0.2) is 4.98 Å². The van der Waals surface area contributed by atoms with Crippen molar-refractivity contribution in [1.29, 1.82) is 0 Å². The van der Waals surface area contributed by atoms with Crippen LogP contribution in [0.15, 0.2) is 35.4 Å². The van der Waals surface area contributed by atoms with Crippen molar-refractivity contribution in [1.82, 2.24) is 4.98 Å². The highest BCUT2D eigenvalue weighted by Crippen LogP contribution is 2.19. The van der Waals surface area contributed by atoms with E-state index < -0.39 is 10.8 Å². The fourth-order valence-corrected chi connectivity index (χ4v) is 2.80. The number of aryl methyl sites for hydroxylation is 1. The highest BCUT2D eigenvalue weighted by Gasteiger charge is 2.01. The Hall–Kier alpha value is -1.20. The molecule has 1 aromatic heterocycles. The first-order chi connectivity index (χ1) is 8.69. The van der Waals surface area contributed by atoms with Crippen molar-refractivity contribution in [3.63, 3.8) is 0 Å². The maximum Gasteiger partial charge on any atom is 0.183 e. The molecule has 1 N–H and O–H groups in total. The number of thiazole rings is 1. The van der Waals surface area contributed by atoms with E-state index in [4.69, 9.17) is 0 Å². The smallest absolute Gasteiger partial charge is 0.183 e. The standard InChI is InChI=1S/C13H16N2OS2/c1-3-11-9-15-13(17-11)14-8-10-4-6-12(7-5-10)18(2)16/h4-7,9H,3,8H2,1-2H3,(H,14,15)/t18-/m1/s1. The number of anilines is 1. The van der Waals surface area contributed by atoms with E-state index in [0.29, 0.717) is 0 Å². The van der Waals surface area contributed by atoms with Crippen LogP contribution >= 0.6 is 11.3 Å². The molecule has 0 unspecified atom stereocenters. The quantitative estimate of drug-likeness (QED) is 0.915. The average Bonchev–Trinajstić information content (AvgIpc) is 2.85. The lowest BCUT2D eigenvalue weighted by Gasteiger charge is -2.03. The lowest BCUT2D eigenvalue weighted by Crippen LogP contribution is -1.99. The van der Waals surface area contributed by atoms with Crippen LogP contribution in [0.2, 0.25) is 0 Å². The Bertz CT molecular complexity index is 534. The molecule has 0 amide bonds. The Balaban J connectivity index is 1.95. The molecule has 0 saturated heterocycles. The van der Waals surface area contributed by atoms with Crippen molar-refractivity contribution >= 4 is 27.3 Å². The third kappa shape index (κ3) is 3.40. The molecule has 5 heteroatoms. The second-order valence-corrected chi connectivity index (χ2v) is 6.43. The molecule has 2 aromatic rings. The summed E-state index contributed by atoms with van der Waals surface area (Å²) in [5.41, 5.74) is 1.16. The molecule has 0 aliphatic rings. The number of nitrogens with zero attached hydrogens (tertiary/aromatic N) is 1. The fraction of sp³-hybridized carbons (Fsp3) is 0.308. The Morgan fingerprint density at radius 2 is 2.06 bits per heavy atom. The summed E-state index contributed by atoms with van der Waals surface area (Å²) in [5, 5.41) is 4.25. The van der Waals surface area contributed by atoms with E-state index >= 15 is 0 Å². The van der Waals surface area contributed by atoms with Gasteiger partial charge in [0, 0.05) is 39.6 Å². The van der Waals surface area contributed by atoms with Gasteiger partial charge in [-0.1, -0.05) is 19.1 Å². The van der Waals surface area contributed by atoms with Gasteiger partial charge >= 0.3 is 0 Å². The number of hydrogen-bond acceptors (Lipinski definition) is 4. The highest BCUT2D eigenvalue weighted by atomic mass is 32.2. The summed E-state index contributed by atoms with van der Waals surface area (Å²) in [4.78, 5) is 6.46. The zero-order valence-corrected chi connectivity index (χ0v) is 12.1. The van der Waals surface area contributed by atoms with Gasteiger partial charge < -0.3 is 5.32 Å². The minimum absolute atomic E-state index is 0.743. The van der Waals surface area contributed by atoms with Gasteiger partial charge in [-0.05, 0) is 24.1 Å². The Kier molecular flexibility index (Phi) is 4.49. The topological polar surface area (TPSA) is 42.0 Å². The van der Waals surface area contributed by atoms with Crippen LogP contribution in [0, 0.1) is 0 Å².